The summed E-state index contributed by atoms with van der Waals surface area (Å²) < 4.78 is 9.63. The Kier molecular flexibility index (Phi) is 7.55. The van der Waals surface area contributed by atoms with Crippen LogP contribution in [0, 0.1) is 0 Å². The van der Waals surface area contributed by atoms with Gasteiger partial charge in [-0.25, -0.2) is 4.79 Å². The summed E-state index contributed by atoms with van der Waals surface area (Å²) in [5.74, 6) is -2.58. The van der Waals surface area contributed by atoms with Gasteiger partial charge in [0.2, 0.25) is 0 Å². The Morgan fingerprint density at radius 3 is 2.03 bits per heavy atom. The van der Waals surface area contributed by atoms with Crippen molar-refractivity contribution in [3.63, 3.8) is 0 Å². The van der Waals surface area contributed by atoms with Crippen molar-refractivity contribution in [1.29, 1.82) is 0 Å². The molecule has 0 spiro atoms. The molecule has 0 aliphatic heterocycles. The highest BCUT2D eigenvalue weighted by Gasteiger charge is 2.13. The van der Waals surface area contributed by atoms with Gasteiger partial charge in [-0.3, -0.25) is 9.59 Å². The Hall–Kier alpha value is -4.73. The third kappa shape index (κ3) is 6.16. The van der Waals surface area contributed by atoms with Crippen LogP contribution in [-0.4, -0.2) is 39.9 Å². The summed E-state index contributed by atoms with van der Waals surface area (Å²) >= 11 is 0. The van der Waals surface area contributed by atoms with Gasteiger partial charge in [0.15, 0.2) is 17.2 Å². The number of hydrogen-bond donors (Lipinski definition) is 5. The molecule has 0 aromatic heterocycles. The van der Waals surface area contributed by atoms with E-state index in [0.717, 1.165) is 17.7 Å². The molecule has 0 aliphatic carbocycles. The van der Waals surface area contributed by atoms with Gasteiger partial charge < -0.3 is 35.4 Å². The number of hydrogen-bond acceptors (Lipinski definition) is 8. The van der Waals surface area contributed by atoms with Gasteiger partial charge in [0.05, 0.1) is 6.61 Å². The Balaban J connectivity index is 1.54. The molecule has 3 rings (SSSR count). The molecule has 3 aromatic carbocycles. The van der Waals surface area contributed by atoms with E-state index in [1.54, 1.807) is 31.2 Å². The fourth-order valence-electron chi connectivity index (χ4n) is 2.85. The Bertz CT molecular complexity index is 1170. The average Bonchev–Trinajstić information content (AvgIpc) is 2.82. The van der Waals surface area contributed by atoms with Crippen LogP contribution in [0.3, 0.4) is 0 Å². The molecule has 10 heteroatoms. The van der Waals surface area contributed by atoms with Crippen LogP contribution in [0.4, 0.5) is 10.5 Å². The number of aromatic hydroxyl groups is 3. The largest absolute Gasteiger partial charge is 0.513 e. The number of carbonyl (C=O) groups excluding carboxylic acids is 3. The first-order valence-electron chi connectivity index (χ1n) is 10.1. The van der Waals surface area contributed by atoms with Crippen LogP contribution in [0.1, 0.15) is 33.2 Å². The van der Waals surface area contributed by atoms with Crippen molar-refractivity contribution < 1.29 is 39.2 Å². The first-order chi connectivity index (χ1) is 16.3. The Labute approximate surface area is 194 Å². The van der Waals surface area contributed by atoms with Crippen molar-refractivity contribution in [3.05, 3.63) is 77.4 Å². The molecular formula is C24H22N2O8. The van der Waals surface area contributed by atoms with Crippen LogP contribution >= 0.6 is 0 Å². The lowest BCUT2D eigenvalue weighted by Crippen LogP contribution is -2.22. The monoisotopic (exact) mass is 466 g/mol. The van der Waals surface area contributed by atoms with Gasteiger partial charge in [0, 0.05) is 23.4 Å². The standard InChI is InChI=1S/C24H22N2O8/c1-2-33-24(32)34-18-9-5-15(6-10-18)23(31)26-17-7-3-14(4-8-17)13-25-22(30)16-11-19(27)21(29)20(28)12-16/h3-12,27-29H,2,13H2,1H3,(H,25,30)(H,26,31). The summed E-state index contributed by atoms with van der Waals surface area (Å²) in [7, 11) is 0. The van der Waals surface area contributed by atoms with Crippen molar-refractivity contribution in [1.82, 2.24) is 5.32 Å². The van der Waals surface area contributed by atoms with E-state index in [9.17, 15) is 29.7 Å². The number of phenols is 3. The van der Waals surface area contributed by atoms with E-state index in [0.29, 0.717) is 11.3 Å². The van der Waals surface area contributed by atoms with E-state index in [1.807, 2.05) is 0 Å². The molecule has 0 saturated carbocycles. The Morgan fingerprint density at radius 1 is 0.824 bits per heavy atom. The maximum atomic E-state index is 12.4. The van der Waals surface area contributed by atoms with Gasteiger partial charge >= 0.3 is 6.16 Å². The molecule has 2 amide bonds. The van der Waals surface area contributed by atoms with Gasteiger partial charge in [-0.2, -0.15) is 0 Å². The zero-order valence-electron chi connectivity index (χ0n) is 18.1. The molecular weight excluding hydrogens is 444 g/mol. The fraction of sp³-hybridized carbons (Fsp3) is 0.125. The lowest BCUT2D eigenvalue weighted by Gasteiger charge is -2.09. The van der Waals surface area contributed by atoms with Crippen molar-refractivity contribution in [2.75, 3.05) is 11.9 Å². The summed E-state index contributed by atoms with van der Waals surface area (Å²) in [6, 6.07) is 14.8. The highest BCUT2D eigenvalue weighted by molar-refractivity contribution is 6.04. The second kappa shape index (κ2) is 10.7. The molecule has 3 aromatic rings. The summed E-state index contributed by atoms with van der Waals surface area (Å²) in [6.45, 7) is 2.00. The first kappa shape index (κ1) is 23.9. The van der Waals surface area contributed by atoms with Crippen LogP contribution in [0.5, 0.6) is 23.0 Å². The van der Waals surface area contributed by atoms with Crippen LogP contribution in [0.2, 0.25) is 0 Å². The van der Waals surface area contributed by atoms with Gasteiger partial charge in [0.25, 0.3) is 11.8 Å². The molecule has 176 valence electrons. The van der Waals surface area contributed by atoms with Crippen LogP contribution < -0.4 is 15.4 Å². The maximum Gasteiger partial charge on any atom is 0.513 e. The number of amides is 2. The predicted octanol–water partition coefficient (Wildman–Crippen LogP) is 3.52. The highest BCUT2D eigenvalue weighted by atomic mass is 16.7. The third-order valence-corrected chi connectivity index (χ3v) is 4.58. The highest BCUT2D eigenvalue weighted by Crippen LogP contribution is 2.35. The lowest BCUT2D eigenvalue weighted by molar-refractivity contribution is 0.0948. The molecule has 0 atom stereocenters. The van der Waals surface area contributed by atoms with Crippen molar-refractivity contribution in [2.24, 2.45) is 0 Å². The molecule has 0 unspecified atom stereocenters. The molecule has 0 radical (unpaired) electrons. The van der Waals surface area contributed by atoms with Crippen molar-refractivity contribution >= 4 is 23.7 Å². The topological polar surface area (TPSA) is 154 Å². The van der Waals surface area contributed by atoms with E-state index in [4.69, 9.17) is 4.74 Å². The minimum absolute atomic E-state index is 0.0182. The van der Waals surface area contributed by atoms with E-state index in [2.05, 4.69) is 15.4 Å². The number of benzene rings is 3. The molecule has 0 aliphatic rings. The second-order valence-corrected chi connectivity index (χ2v) is 7.01. The number of anilines is 1. The van der Waals surface area contributed by atoms with Crippen LogP contribution in [0.25, 0.3) is 0 Å². The van der Waals surface area contributed by atoms with Crippen molar-refractivity contribution in [2.45, 2.75) is 13.5 Å². The average molecular weight is 466 g/mol. The molecule has 34 heavy (non-hydrogen) atoms. The normalized spacial score (nSPS) is 10.3. The minimum atomic E-state index is -0.824. The summed E-state index contributed by atoms with van der Waals surface area (Å²) in [5.41, 5.74) is 1.60. The van der Waals surface area contributed by atoms with E-state index in [-0.39, 0.29) is 30.4 Å². The number of phenolic OH excluding ortho intramolecular Hbond substituents is 3. The molecule has 5 N–H and O–H groups in total. The first-order valence-corrected chi connectivity index (χ1v) is 10.1. The number of nitrogens with one attached hydrogen (secondary N) is 2. The maximum absolute atomic E-state index is 12.4. The smallest absolute Gasteiger partial charge is 0.504 e. The van der Waals surface area contributed by atoms with Gasteiger partial charge in [-0.1, -0.05) is 12.1 Å². The minimum Gasteiger partial charge on any atom is -0.504 e. The second-order valence-electron chi connectivity index (χ2n) is 7.01. The van der Waals surface area contributed by atoms with E-state index < -0.39 is 29.3 Å². The fourth-order valence-corrected chi connectivity index (χ4v) is 2.85. The van der Waals surface area contributed by atoms with E-state index in [1.165, 1.54) is 24.3 Å². The third-order valence-electron chi connectivity index (χ3n) is 4.58. The SMILES string of the molecule is CCOC(=O)Oc1ccc(C(=O)Nc2ccc(CNC(=O)c3cc(O)c(O)c(O)c3)cc2)cc1. The molecule has 10 nitrogen and oxygen atoms in total. The Morgan fingerprint density at radius 2 is 1.44 bits per heavy atom. The summed E-state index contributed by atoms with van der Waals surface area (Å²) in [5, 5.41) is 33.8. The quantitative estimate of drug-likeness (QED) is 0.201. The summed E-state index contributed by atoms with van der Waals surface area (Å²) in [4.78, 5) is 36.0. The zero-order valence-corrected chi connectivity index (χ0v) is 18.1. The van der Waals surface area contributed by atoms with Crippen molar-refractivity contribution in [3.8, 4) is 23.0 Å². The number of rotatable bonds is 7. The number of carbonyl (C=O) groups is 3. The predicted molar refractivity (Wildman–Crippen MR) is 121 cm³/mol. The number of ether oxygens (including phenoxy) is 2. The summed E-state index contributed by atoms with van der Waals surface area (Å²) in [6.07, 6.45) is -0.824. The van der Waals surface area contributed by atoms with Gasteiger partial charge in [0.1, 0.15) is 5.75 Å². The van der Waals surface area contributed by atoms with Gasteiger partial charge in [-0.05, 0) is 61.0 Å². The molecule has 0 fully saturated rings. The zero-order chi connectivity index (χ0) is 24.7. The molecule has 0 bridgehead atoms. The molecule has 0 heterocycles. The molecule has 0 saturated heterocycles. The van der Waals surface area contributed by atoms with Crippen LogP contribution in [-0.2, 0) is 11.3 Å². The van der Waals surface area contributed by atoms with Gasteiger partial charge in [-0.15, -0.1) is 0 Å². The van der Waals surface area contributed by atoms with Crippen LogP contribution in [0.15, 0.2) is 60.7 Å². The lowest BCUT2D eigenvalue weighted by atomic mass is 10.1. The van der Waals surface area contributed by atoms with E-state index >= 15 is 0 Å².